The van der Waals surface area contributed by atoms with Gasteiger partial charge in [-0.05, 0) is 89.9 Å². The highest BCUT2D eigenvalue weighted by Gasteiger charge is 2.00. The van der Waals surface area contributed by atoms with E-state index in [1.807, 2.05) is 0 Å². The lowest BCUT2D eigenvalue weighted by atomic mass is 10.2. The van der Waals surface area contributed by atoms with Crippen LogP contribution in [0, 0.1) is 0 Å². The van der Waals surface area contributed by atoms with Crippen LogP contribution in [0.25, 0.3) is 0 Å². The molecule has 0 rings (SSSR count). The van der Waals surface area contributed by atoms with Gasteiger partial charge in [-0.15, -0.1) is 0 Å². The number of ether oxygens (including phenoxy) is 1. The highest BCUT2D eigenvalue weighted by molar-refractivity contribution is 5.69. The van der Waals surface area contributed by atoms with Crippen LogP contribution in [0.15, 0.2) is 122 Å². The molecule has 0 aliphatic rings. The van der Waals surface area contributed by atoms with Crippen molar-refractivity contribution in [1.82, 2.24) is 0 Å². The third-order valence-corrected chi connectivity index (χ3v) is 6.08. The molecule has 0 spiro atoms. The van der Waals surface area contributed by atoms with Gasteiger partial charge in [-0.25, -0.2) is 0 Å². The SMILES string of the molecule is CCC=CCC=CCC=CCC=CCC=CCCCCOC(=O)CCC=CCC=CCC=CCC=CCC=CCCC. The van der Waals surface area contributed by atoms with E-state index < -0.39 is 0 Å². The van der Waals surface area contributed by atoms with Gasteiger partial charge >= 0.3 is 5.97 Å². The second kappa shape index (κ2) is 35.9. The number of carbonyl (C=O) groups is 1. The summed E-state index contributed by atoms with van der Waals surface area (Å²) in [6.45, 7) is 4.88. The first kappa shape index (κ1) is 38.9. The van der Waals surface area contributed by atoms with E-state index in [1.165, 1.54) is 12.8 Å². The monoisotopic (exact) mass is 572 g/mol. The van der Waals surface area contributed by atoms with Crippen LogP contribution >= 0.6 is 0 Å². The topological polar surface area (TPSA) is 26.3 Å². The first-order valence-electron chi connectivity index (χ1n) is 16.5. The van der Waals surface area contributed by atoms with E-state index in [0.717, 1.165) is 83.5 Å². The lowest BCUT2D eigenvalue weighted by Crippen LogP contribution is -2.04. The number of hydrogen-bond donors (Lipinski definition) is 0. The molecule has 0 aromatic rings. The van der Waals surface area contributed by atoms with Gasteiger partial charge in [-0.1, -0.05) is 142 Å². The Labute approximate surface area is 259 Å². The molecule has 0 saturated carbocycles. The molecule has 42 heavy (non-hydrogen) atoms. The predicted molar refractivity (Wildman–Crippen MR) is 188 cm³/mol. The van der Waals surface area contributed by atoms with Crippen LogP contribution in [0.1, 0.15) is 117 Å². The standard InChI is InChI=1S/C40H60O2/c1-3-5-7-9-11-13-15-17-19-21-23-25-27-29-31-33-35-37-39-42-40(41)38-36-34-32-30-28-26-24-22-20-18-16-14-12-10-8-6-4-2/h5,7-8,10-11,13-14,16-17,19-20,22-23,25-26,28-29,31-32,34H,3-4,6,9,12,15,18,21,24,27,30,33,35-39H2,1-2H3. The van der Waals surface area contributed by atoms with Gasteiger partial charge in [-0.3, -0.25) is 4.79 Å². The van der Waals surface area contributed by atoms with E-state index in [4.69, 9.17) is 4.74 Å². The molecule has 2 nitrogen and oxygen atoms in total. The molecule has 0 aromatic heterocycles. The van der Waals surface area contributed by atoms with Crippen LogP contribution in [0.3, 0.4) is 0 Å². The Morgan fingerprint density at radius 1 is 0.429 bits per heavy atom. The van der Waals surface area contributed by atoms with E-state index in [2.05, 4.69) is 135 Å². The van der Waals surface area contributed by atoms with Crippen molar-refractivity contribution in [3.63, 3.8) is 0 Å². The number of carbonyl (C=O) groups excluding carboxylic acids is 1. The molecule has 2 heteroatoms. The van der Waals surface area contributed by atoms with Gasteiger partial charge in [0.25, 0.3) is 0 Å². The summed E-state index contributed by atoms with van der Waals surface area (Å²) >= 11 is 0. The molecular weight excluding hydrogens is 512 g/mol. The molecule has 0 aliphatic carbocycles. The molecule has 0 saturated heterocycles. The molecule has 0 radical (unpaired) electrons. The number of rotatable bonds is 27. The zero-order valence-corrected chi connectivity index (χ0v) is 26.9. The summed E-state index contributed by atoms with van der Waals surface area (Å²) < 4.78 is 5.35. The van der Waals surface area contributed by atoms with E-state index in [9.17, 15) is 4.79 Å². The highest BCUT2D eigenvalue weighted by atomic mass is 16.5. The Balaban J connectivity index is 3.56. The van der Waals surface area contributed by atoms with Gasteiger partial charge in [0.05, 0.1) is 6.61 Å². The van der Waals surface area contributed by atoms with Crippen LogP contribution in [-0.4, -0.2) is 12.6 Å². The maximum atomic E-state index is 11.9. The minimum Gasteiger partial charge on any atom is -0.466 e. The number of unbranched alkanes of at least 4 members (excludes halogenated alkanes) is 3. The normalized spacial score (nSPS) is 13.3. The molecule has 232 valence electrons. The highest BCUT2D eigenvalue weighted by Crippen LogP contribution is 2.03. The predicted octanol–water partition coefficient (Wildman–Crippen LogP) is 12.4. The molecule has 0 aromatic carbocycles. The molecule has 0 bridgehead atoms. The van der Waals surface area contributed by atoms with Crippen LogP contribution in [-0.2, 0) is 9.53 Å². The van der Waals surface area contributed by atoms with Crippen molar-refractivity contribution in [1.29, 1.82) is 0 Å². The fourth-order valence-corrected chi connectivity index (χ4v) is 3.68. The van der Waals surface area contributed by atoms with Gasteiger partial charge in [-0.2, -0.15) is 0 Å². The van der Waals surface area contributed by atoms with Crippen LogP contribution in [0.2, 0.25) is 0 Å². The Bertz CT molecular complexity index is 887. The maximum absolute atomic E-state index is 11.9. The van der Waals surface area contributed by atoms with E-state index in [1.54, 1.807) is 0 Å². The Morgan fingerprint density at radius 3 is 1.19 bits per heavy atom. The molecular formula is C40H60O2. The number of esters is 1. The summed E-state index contributed by atoms with van der Waals surface area (Å²) in [6.07, 6.45) is 59.7. The Kier molecular flexibility index (Phi) is 33.2. The van der Waals surface area contributed by atoms with Crippen molar-refractivity contribution in [2.75, 3.05) is 6.61 Å². The molecule has 0 N–H and O–H groups in total. The van der Waals surface area contributed by atoms with Crippen LogP contribution in [0.4, 0.5) is 0 Å². The van der Waals surface area contributed by atoms with Gasteiger partial charge in [0.1, 0.15) is 0 Å². The summed E-state index contributed by atoms with van der Waals surface area (Å²) in [5.74, 6) is -0.0961. The van der Waals surface area contributed by atoms with Crippen LogP contribution < -0.4 is 0 Å². The van der Waals surface area contributed by atoms with Crippen LogP contribution in [0.5, 0.6) is 0 Å². The van der Waals surface area contributed by atoms with E-state index in [0.29, 0.717) is 13.0 Å². The average Bonchev–Trinajstić information content (AvgIpc) is 3.00. The zero-order chi connectivity index (χ0) is 30.4. The van der Waals surface area contributed by atoms with E-state index in [-0.39, 0.29) is 5.97 Å². The maximum Gasteiger partial charge on any atom is 0.306 e. The van der Waals surface area contributed by atoms with Gasteiger partial charge in [0.15, 0.2) is 0 Å². The largest absolute Gasteiger partial charge is 0.466 e. The molecule has 0 fully saturated rings. The minimum atomic E-state index is -0.0961. The summed E-state index contributed by atoms with van der Waals surface area (Å²) in [7, 11) is 0. The minimum absolute atomic E-state index is 0.0961. The Morgan fingerprint density at radius 2 is 0.786 bits per heavy atom. The number of hydrogen-bond acceptors (Lipinski definition) is 2. The molecule has 0 heterocycles. The Hall–Kier alpha value is -3.13. The van der Waals surface area contributed by atoms with Crippen molar-refractivity contribution in [3.05, 3.63) is 122 Å². The lowest BCUT2D eigenvalue weighted by Gasteiger charge is -2.02. The quantitative estimate of drug-likeness (QED) is 0.0556. The fraction of sp³-hybridized carbons (Fsp3) is 0.475. The van der Waals surface area contributed by atoms with Crippen molar-refractivity contribution in [2.24, 2.45) is 0 Å². The summed E-state index contributed by atoms with van der Waals surface area (Å²) in [5.41, 5.74) is 0. The fourth-order valence-electron chi connectivity index (χ4n) is 3.68. The second-order valence-corrected chi connectivity index (χ2v) is 10.1. The lowest BCUT2D eigenvalue weighted by molar-refractivity contribution is -0.143. The van der Waals surface area contributed by atoms with Gasteiger partial charge in [0, 0.05) is 6.42 Å². The first-order chi connectivity index (χ1) is 20.8. The molecule has 0 aliphatic heterocycles. The molecule has 0 amide bonds. The number of allylic oxidation sites excluding steroid dienone is 20. The second-order valence-electron chi connectivity index (χ2n) is 10.1. The average molecular weight is 573 g/mol. The van der Waals surface area contributed by atoms with Crippen molar-refractivity contribution >= 4 is 5.97 Å². The van der Waals surface area contributed by atoms with E-state index >= 15 is 0 Å². The zero-order valence-electron chi connectivity index (χ0n) is 26.9. The van der Waals surface area contributed by atoms with Crippen molar-refractivity contribution in [2.45, 2.75) is 117 Å². The van der Waals surface area contributed by atoms with Crippen molar-refractivity contribution < 1.29 is 9.53 Å². The summed E-state index contributed by atoms with van der Waals surface area (Å²) in [6, 6.07) is 0. The molecule has 0 atom stereocenters. The third kappa shape index (κ3) is 34.9. The first-order valence-corrected chi connectivity index (χ1v) is 16.5. The summed E-state index contributed by atoms with van der Waals surface area (Å²) in [4.78, 5) is 11.9. The summed E-state index contributed by atoms with van der Waals surface area (Å²) in [5, 5.41) is 0. The third-order valence-electron chi connectivity index (χ3n) is 6.08. The molecule has 0 unspecified atom stereocenters. The van der Waals surface area contributed by atoms with Gasteiger partial charge < -0.3 is 4.74 Å². The smallest absolute Gasteiger partial charge is 0.306 e. The van der Waals surface area contributed by atoms with Gasteiger partial charge in [0.2, 0.25) is 0 Å². The van der Waals surface area contributed by atoms with Crippen molar-refractivity contribution in [3.8, 4) is 0 Å².